The number of benzene rings is 1. The van der Waals surface area contributed by atoms with E-state index in [0.717, 1.165) is 0 Å². The Labute approximate surface area is 126 Å². The third kappa shape index (κ3) is 5.39. The van der Waals surface area contributed by atoms with Crippen LogP contribution < -0.4 is 15.4 Å². The molecule has 0 radical (unpaired) electrons. The highest BCUT2D eigenvalue weighted by atomic mass is 19.1. The maximum atomic E-state index is 12.8. The number of halogens is 1. The Balaban J connectivity index is 2.51. The summed E-state index contributed by atoms with van der Waals surface area (Å²) in [5.41, 5.74) is 0. The molecular weight excluding hydrogens is 295 g/mol. The lowest BCUT2D eigenvalue weighted by molar-refractivity contribution is -0.160. The van der Waals surface area contributed by atoms with Gasteiger partial charge in [-0.2, -0.15) is 0 Å². The number of hydrogen-bond donors (Lipinski definition) is 2. The SMILES string of the molecule is CNC(=O)NC(=O)[C@@H](C)OC(=O)[C@H](C)Oc1ccc(F)cc1. The zero-order valence-electron chi connectivity index (χ0n) is 12.4. The van der Waals surface area contributed by atoms with Gasteiger partial charge in [-0.05, 0) is 38.1 Å². The van der Waals surface area contributed by atoms with E-state index in [-0.39, 0.29) is 5.75 Å². The van der Waals surface area contributed by atoms with Crippen molar-refractivity contribution in [2.45, 2.75) is 26.1 Å². The first-order valence-electron chi connectivity index (χ1n) is 6.48. The summed E-state index contributed by atoms with van der Waals surface area (Å²) in [6, 6.07) is 4.39. The van der Waals surface area contributed by atoms with Crippen LogP contribution in [-0.4, -0.2) is 37.2 Å². The van der Waals surface area contributed by atoms with E-state index >= 15 is 0 Å². The molecule has 0 fully saturated rings. The molecule has 120 valence electrons. The van der Waals surface area contributed by atoms with E-state index in [1.165, 1.54) is 45.2 Å². The zero-order chi connectivity index (χ0) is 16.7. The van der Waals surface area contributed by atoms with Crippen LogP contribution in [0.4, 0.5) is 9.18 Å². The minimum Gasteiger partial charge on any atom is -0.479 e. The number of ether oxygens (including phenoxy) is 2. The number of carbonyl (C=O) groups excluding carboxylic acids is 3. The van der Waals surface area contributed by atoms with Crippen molar-refractivity contribution >= 4 is 17.9 Å². The van der Waals surface area contributed by atoms with Crippen molar-refractivity contribution in [1.82, 2.24) is 10.6 Å². The largest absolute Gasteiger partial charge is 0.479 e. The summed E-state index contributed by atoms with van der Waals surface area (Å²) in [6.07, 6.45) is -2.16. The van der Waals surface area contributed by atoms with Crippen LogP contribution in [0.5, 0.6) is 5.75 Å². The molecule has 8 heteroatoms. The van der Waals surface area contributed by atoms with Gasteiger partial charge in [0.15, 0.2) is 12.2 Å². The molecule has 0 unspecified atom stereocenters. The van der Waals surface area contributed by atoms with Gasteiger partial charge in [-0.15, -0.1) is 0 Å². The van der Waals surface area contributed by atoms with Crippen molar-refractivity contribution in [2.75, 3.05) is 7.05 Å². The molecule has 7 nitrogen and oxygen atoms in total. The van der Waals surface area contributed by atoms with Gasteiger partial charge in [-0.1, -0.05) is 0 Å². The van der Waals surface area contributed by atoms with E-state index in [4.69, 9.17) is 9.47 Å². The molecule has 2 N–H and O–H groups in total. The molecule has 1 aromatic carbocycles. The summed E-state index contributed by atoms with van der Waals surface area (Å²) < 4.78 is 22.9. The quantitative estimate of drug-likeness (QED) is 0.791. The van der Waals surface area contributed by atoms with Crippen LogP contribution in [0.3, 0.4) is 0 Å². The van der Waals surface area contributed by atoms with Crippen molar-refractivity contribution in [3.8, 4) is 5.75 Å². The third-order valence-electron chi connectivity index (χ3n) is 2.58. The van der Waals surface area contributed by atoms with Gasteiger partial charge in [0.2, 0.25) is 0 Å². The van der Waals surface area contributed by atoms with Gasteiger partial charge >= 0.3 is 12.0 Å². The van der Waals surface area contributed by atoms with E-state index in [0.29, 0.717) is 0 Å². The van der Waals surface area contributed by atoms with E-state index in [1.54, 1.807) is 0 Å². The minimum atomic E-state index is -1.16. The molecule has 1 rings (SSSR count). The van der Waals surface area contributed by atoms with Crippen LogP contribution in [0.1, 0.15) is 13.8 Å². The fourth-order valence-electron chi connectivity index (χ4n) is 1.36. The van der Waals surface area contributed by atoms with Gasteiger partial charge in [0.1, 0.15) is 11.6 Å². The number of amides is 3. The second-order valence-corrected chi connectivity index (χ2v) is 4.36. The summed E-state index contributed by atoms with van der Waals surface area (Å²) >= 11 is 0. The summed E-state index contributed by atoms with van der Waals surface area (Å²) in [6.45, 7) is 2.75. The predicted molar refractivity (Wildman–Crippen MR) is 74.6 cm³/mol. The average molecular weight is 312 g/mol. The Morgan fingerprint density at radius 2 is 1.68 bits per heavy atom. The molecule has 0 aliphatic rings. The third-order valence-corrected chi connectivity index (χ3v) is 2.58. The molecule has 0 bridgehead atoms. The highest BCUT2D eigenvalue weighted by molar-refractivity contribution is 5.97. The molecule has 0 aliphatic carbocycles. The molecule has 22 heavy (non-hydrogen) atoms. The molecule has 0 aromatic heterocycles. The molecule has 2 atom stereocenters. The Bertz CT molecular complexity index is 547. The van der Waals surface area contributed by atoms with Crippen molar-refractivity contribution in [1.29, 1.82) is 0 Å². The molecular formula is C14H17FN2O5. The van der Waals surface area contributed by atoms with Crippen molar-refractivity contribution < 1.29 is 28.2 Å². The molecule has 3 amide bonds. The Morgan fingerprint density at radius 3 is 2.23 bits per heavy atom. The summed E-state index contributed by atoms with van der Waals surface area (Å²) in [4.78, 5) is 34.3. The van der Waals surface area contributed by atoms with Crippen LogP contribution in [0.2, 0.25) is 0 Å². The number of carbonyl (C=O) groups is 3. The number of imide groups is 1. The van der Waals surface area contributed by atoms with Gasteiger partial charge in [0, 0.05) is 7.05 Å². The lowest BCUT2D eigenvalue weighted by Gasteiger charge is -2.17. The van der Waals surface area contributed by atoms with E-state index in [2.05, 4.69) is 5.32 Å². The molecule has 0 saturated heterocycles. The van der Waals surface area contributed by atoms with Crippen LogP contribution in [-0.2, 0) is 14.3 Å². The maximum absolute atomic E-state index is 12.8. The van der Waals surface area contributed by atoms with E-state index in [1.807, 2.05) is 5.32 Å². The first-order valence-corrected chi connectivity index (χ1v) is 6.48. The maximum Gasteiger partial charge on any atom is 0.347 e. The van der Waals surface area contributed by atoms with Gasteiger partial charge < -0.3 is 14.8 Å². The number of esters is 1. The van der Waals surface area contributed by atoms with Gasteiger partial charge in [-0.3, -0.25) is 10.1 Å². The minimum absolute atomic E-state index is 0.285. The first-order chi connectivity index (χ1) is 10.3. The zero-order valence-corrected chi connectivity index (χ0v) is 12.4. The van der Waals surface area contributed by atoms with E-state index in [9.17, 15) is 18.8 Å². The highest BCUT2D eigenvalue weighted by Crippen LogP contribution is 2.13. The molecule has 0 heterocycles. The first kappa shape index (κ1) is 17.4. The molecule has 1 aromatic rings. The second kappa shape index (κ2) is 7.96. The lowest BCUT2D eigenvalue weighted by atomic mass is 10.3. The normalized spacial score (nSPS) is 12.7. The highest BCUT2D eigenvalue weighted by Gasteiger charge is 2.24. The summed E-state index contributed by atoms with van der Waals surface area (Å²) in [5.74, 6) is -1.69. The fraction of sp³-hybridized carbons (Fsp3) is 0.357. The molecule has 0 saturated carbocycles. The standard InChI is InChI=1S/C14H17FN2O5/c1-8(12(18)17-14(20)16-3)22-13(19)9(2)21-11-6-4-10(15)5-7-11/h4-9H,1-3H3,(H2,16,17,18,20)/t8-,9+/m1/s1. The van der Waals surface area contributed by atoms with E-state index < -0.39 is 35.9 Å². The van der Waals surface area contributed by atoms with Crippen LogP contribution >= 0.6 is 0 Å². The monoisotopic (exact) mass is 312 g/mol. The van der Waals surface area contributed by atoms with Crippen LogP contribution in [0.25, 0.3) is 0 Å². The topological polar surface area (TPSA) is 93.7 Å². The van der Waals surface area contributed by atoms with Gasteiger partial charge in [0.05, 0.1) is 0 Å². The second-order valence-electron chi connectivity index (χ2n) is 4.36. The number of urea groups is 1. The Morgan fingerprint density at radius 1 is 1.09 bits per heavy atom. The van der Waals surface area contributed by atoms with Crippen molar-refractivity contribution in [2.24, 2.45) is 0 Å². The summed E-state index contributed by atoms with van der Waals surface area (Å²) in [5, 5.41) is 4.18. The number of rotatable bonds is 5. The lowest BCUT2D eigenvalue weighted by Crippen LogP contribution is -2.44. The molecule has 0 spiro atoms. The summed E-state index contributed by atoms with van der Waals surface area (Å²) in [7, 11) is 1.35. The smallest absolute Gasteiger partial charge is 0.347 e. The van der Waals surface area contributed by atoms with Gasteiger partial charge in [0.25, 0.3) is 5.91 Å². The number of hydrogen-bond acceptors (Lipinski definition) is 5. The number of nitrogens with one attached hydrogen (secondary N) is 2. The van der Waals surface area contributed by atoms with Crippen LogP contribution in [0.15, 0.2) is 24.3 Å². The van der Waals surface area contributed by atoms with Crippen molar-refractivity contribution in [3.05, 3.63) is 30.1 Å². The van der Waals surface area contributed by atoms with Crippen LogP contribution in [0, 0.1) is 5.82 Å². The van der Waals surface area contributed by atoms with Gasteiger partial charge in [-0.25, -0.2) is 14.0 Å². The Kier molecular flexibility index (Phi) is 6.30. The predicted octanol–water partition coefficient (Wildman–Crippen LogP) is 0.980. The average Bonchev–Trinajstić information content (AvgIpc) is 2.49. The fourth-order valence-corrected chi connectivity index (χ4v) is 1.36. The molecule has 0 aliphatic heterocycles. The van der Waals surface area contributed by atoms with Crippen molar-refractivity contribution in [3.63, 3.8) is 0 Å². The Hall–Kier alpha value is -2.64.